The molecular weight excluding hydrogens is 940 g/mol. The zero-order chi connectivity index (χ0) is 51.5. The van der Waals surface area contributed by atoms with E-state index in [-0.39, 0.29) is 61.8 Å². The second kappa shape index (κ2) is 22.6. The van der Waals surface area contributed by atoms with Gasteiger partial charge in [-0.25, -0.2) is 18.2 Å². The van der Waals surface area contributed by atoms with Crippen molar-refractivity contribution in [1.29, 1.82) is 0 Å². The number of nitrogens with zero attached hydrogens (tertiary/aromatic N) is 5. The van der Waals surface area contributed by atoms with Crippen LogP contribution in [0.25, 0.3) is 16.0 Å². The molecule has 0 radical (unpaired) electrons. The maximum atomic E-state index is 16.2. The number of likely N-dealkylation sites (tertiary alicyclic amines) is 1. The molecule has 1 aromatic heterocycles. The average Bonchev–Trinajstić information content (AvgIpc) is 4.05. The molecule has 0 bridgehead atoms. The summed E-state index contributed by atoms with van der Waals surface area (Å²) in [6.07, 6.45) is 2.98. The first-order valence-corrected chi connectivity index (χ1v) is 26.5. The van der Waals surface area contributed by atoms with Gasteiger partial charge in [-0.15, -0.1) is 11.3 Å². The normalized spacial score (nSPS) is 21.4. The van der Waals surface area contributed by atoms with Gasteiger partial charge in [0.15, 0.2) is 0 Å². The number of piperazine rings is 1. The molecule has 3 aromatic carbocycles. The van der Waals surface area contributed by atoms with E-state index in [1.54, 1.807) is 11.3 Å². The lowest BCUT2D eigenvalue weighted by atomic mass is 9.84. The number of amides is 3. The molecular formula is C56H72F3N7O5S. The molecule has 3 N–H and O–H groups in total. The Hall–Kier alpha value is -5.13. The maximum absolute atomic E-state index is 16.2. The number of carbonyl (C=O) groups is 3. The Labute approximate surface area is 427 Å². The highest BCUT2D eigenvalue weighted by Gasteiger charge is 2.46. The number of hydrogen-bond acceptors (Lipinski definition) is 10. The standard InChI is InChI=1S/C56H72F3N7O5S/c1-35-25-43-42-14-10-9-13-39(42)26-44(43)50(66(35)33-56(6,7)59)49-45(57)28-41(29-46(49)58)71-24-12-8-11-19-63-20-22-64(23-21-63)32-48(68)62-52(55(3,4)5)54(70)65-31-40(67)27-47(65)53(69)60-30-37-15-17-38(18-16-37)51-36(2)61-34-72-51/h9-10,13-18,28-29,34-35,40,47,50,52,67H,8,11-12,19-27,30-33H2,1-7H3,(H,60,69)(H,62,68)/t35-,40-,47+,50+,52-/m1/s1. The van der Waals surface area contributed by atoms with Crippen LogP contribution in [0.3, 0.4) is 0 Å². The number of fused-ring (bicyclic) bond motifs is 2. The van der Waals surface area contributed by atoms with Crippen molar-refractivity contribution >= 4 is 34.6 Å². The third kappa shape index (κ3) is 12.6. The third-order valence-electron chi connectivity index (χ3n) is 14.7. The number of carbonyl (C=O) groups excluding carboxylic acids is 3. The van der Waals surface area contributed by atoms with Gasteiger partial charge in [0.05, 0.1) is 41.4 Å². The van der Waals surface area contributed by atoms with E-state index in [1.165, 1.54) is 30.9 Å². The molecule has 388 valence electrons. The van der Waals surface area contributed by atoms with Gasteiger partial charge in [-0.05, 0) is 105 Å². The first kappa shape index (κ1) is 53.2. The van der Waals surface area contributed by atoms with E-state index in [0.29, 0.717) is 39.0 Å². The fourth-order valence-electron chi connectivity index (χ4n) is 10.9. The van der Waals surface area contributed by atoms with E-state index < -0.39 is 52.9 Å². The number of aryl methyl sites for hydroxylation is 1. The molecule has 0 spiro atoms. The van der Waals surface area contributed by atoms with E-state index >= 15 is 13.2 Å². The number of unbranched alkanes of at least 4 members (excludes halogenated alkanes) is 2. The van der Waals surface area contributed by atoms with E-state index in [0.717, 1.165) is 76.4 Å². The highest BCUT2D eigenvalue weighted by Crippen LogP contribution is 2.50. The SMILES string of the molecule is Cc1ncsc1-c1ccc(CNC(=O)[C@@H]2C[C@@H](O)CN2C(=O)[C@@H](NC(=O)CN2CCN(CCCCCOc3cc(F)c([C@@H]4C5=C(C[C@@H](C)N4CC(C)(C)F)c4ccccc4C5)c(F)c3)CC2)C(C)(C)C)cc1. The van der Waals surface area contributed by atoms with Crippen molar-refractivity contribution in [3.63, 3.8) is 0 Å². The average molecular weight is 1010 g/mol. The predicted octanol–water partition coefficient (Wildman–Crippen LogP) is 8.27. The molecule has 12 nitrogen and oxygen atoms in total. The summed E-state index contributed by atoms with van der Waals surface area (Å²) in [6.45, 7) is 17.1. The Bertz CT molecular complexity index is 2580. The summed E-state index contributed by atoms with van der Waals surface area (Å²) in [5.41, 5.74) is 6.73. The number of aliphatic hydroxyl groups is 1. The van der Waals surface area contributed by atoms with E-state index in [9.17, 15) is 19.5 Å². The number of benzene rings is 3. The smallest absolute Gasteiger partial charge is 0.246 e. The maximum Gasteiger partial charge on any atom is 0.246 e. The Morgan fingerprint density at radius 3 is 2.31 bits per heavy atom. The van der Waals surface area contributed by atoms with Crippen LogP contribution in [0.15, 0.2) is 71.7 Å². The van der Waals surface area contributed by atoms with Crippen molar-refractivity contribution < 1.29 is 37.4 Å². The summed E-state index contributed by atoms with van der Waals surface area (Å²) in [6, 6.07) is 15.9. The van der Waals surface area contributed by atoms with Crippen LogP contribution in [0.2, 0.25) is 0 Å². The Morgan fingerprint density at radius 2 is 1.64 bits per heavy atom. The second-order valence-corrected chi connectivity index (χ2v) is 22.8. The van der Waals surface area contributed by atoms with Crippen LogP contribution in [0.4, 0.5) is 13.2 Å². The molecule has 4 heterocycles. The molecule has 2 saturated heterocycles. The summed E-state index contributed by atoms with van der Waals surface area (Å²) in [4.78, 5) is 54.4. The van der Waals surface area contributed by atoms with Gasteiger partial charge in [0.25, 0.3) is 0 Å². The van der Waals surface area contributed by atoms with Crippen LogP contribution in [0, 0.1) is 24.0 Å². The number of hydrogen-bond donors (Lipinski definition) is 3. The molecule has 3 amide bonds. The summed E-state index contributed by atoms with van der Waals surface area (Å²) >= 11 is 1.57. The van der Waals surface area contributed by atoms with Crippen LogP contribution in [0.1, 0.15) is 108 Å². The number of aliphatic hydroxyl groups excluding tert-OH is 1. The minimum Gasteiger partial charge on any atom is -0.493 e. The lowest BCUT2D eigenvalue weighted by Gasteiger charge is -2.44. The first-order chi connectivity index (χ1) is 34.2. The van der Waals surface area contributed by atoms with Gasteiger partial charge < -0.3 is 30.3 Å². The van der Waals surface area contributed by atoms with Crippen molar-refractivity contribution in [2.75, 3.05) is 59.0 Å². The van der Waals surface area contributed by atoms with Gasteiger partial charge in [0, 0.05) is 76.0 Å². The van der Waals surface area contributed by atoms with Crippen molar-refractivity contribution in [3.05, 3.63) is 111 Å². The Morgan fingerprint density at radius 1 is 0.944 bits per heavy atom. The molecule has 0 unspecified atom stereocenters. The summed E-state index contributed by atoms with van der Waals surface area (Å²) in [5.74, 6) is -2.27. The highest BCUT2D eigenvalue weighted by molar-refractivity contribution is 7.13. The van der Waals surface area contributed by atoms with Crippen molar-refractivity contribution in [2.45, 2.75) is 129 Å². The number of nitrogens with one attached hydrogen (secondary N) is 2. The predicted molar refractivity (Wildman–Crippen MR) is 276 cm³/mol. The number of ether oxygens (including phenoxy) is 1. The van der Waals surface area contributed by atoms with Gasteiger partial charge in [-0.3, -0.25) is 24.2 Å². The van der Waals surface area contributed by atoms with Crippen molar-refractivity contribution in [2.24, 2.45) is 5.41 Å². The number of thiazole rings is 1. The number of rotatable bonds is 18. The van der Waals surface area contributed by atoms with E-state index in [4.69, 9.17) is 4.74 Å². The lowest BCUT2D eigenvalue weighted by Crippen LogP contribution is -2.59. The largest absolute Gasteiger partial charge is 0.493 e. The van der Waals surface area contributed by atoms with E-state index in [1.807, 2.05) is 81.4 Å². The van der Waals surface area contributed by atoms with Gasteiger partial charge in [-0.1, -0.05) is 69.3 Å². The van der Waals surface area contributed by atoms with Gasteiger partial charge >= 0.3 is 0 Å². The molecule has 4 aromatic rings. The summed E-state index contributed by atoms with van der Waals surface area (Å²) < 4.78 is 53.4. The number of aromatic nitrogens is 1. The zero-order valence-electron chi connectivity index (χ0n) is 42.9. The number of halogens is 3. The Kier molecular flexibility index (Phi) is 16.7. The molecule has 4 aliphatic rings. The van der Waals surface area contributed by atoms with E-state index in [2.05, 4.69) is 37.6 Å². The lowest BCUT2D eigenvalue weighted by molar-refractivity contribution is -0.144. The molecule has 0 saturated carbocycles. The summed E-state index contributed by atoms with van der Waals surface area (Å²) in [7, 11) is 0. The fourth-order valence-corrected chi connectivity index (χ4v) is 11.7. The van der Waals surface area contributed by atoms with Crippen LogP contribution in [-0.4, -0.2) is 136 Å². The molecule has 8 rings (SSSR count). The molecule has 3 aliphatic heterocycles. The molecule has 16 heteroatoms. The van der Waals surface area contributed by atoms with Crippen LogP contribution in [-0.2, 0) is 27.3 Å². The number of β-amino-alcohol motifs (C(OH)–C–C–N with tert-alkyl or cyclic N) is 1. The number of alkyl halides is 1. The fraction of sp³-hybridized carbons (Fsp3) is 0.536. The summed E-state index contributed by atoms with van der Waals surface area (Å²) in [5, 5.41) is 16.6. The second-order valence-electron chi connectivity index (χ2n) is 22.0. The quantitative estimate of drug-likeness (QED) is 0.0844. The monoisotopic (exact) mass is 1010 g/mol. The van der Waals surface area contributed by atoms with Crippen molar-refractivity contribution in [1.82, 2.24) is 35.2 Å². The van der Waals surface area contributed by atoms with Crippen LogP contribution < -0.4 is 15.4 Å². The van der Waals surface area contributed by atoms with Gasteiger partial charge in [0.1, 0.15) is 35.1 Å². The molecule has 5 atom stereocenters. The highest BCUT2D eigenvalue weighted by atomic mass is 32.1. The minimum absolute atomic E-state index is 0.00306. The molecule has 2 fully saturated rings. The van der Waals surface area contributed by atoms with Gasteiger partial charge in [-0.2, -0.15) is 0 Å². The first-order valence-electron chi connectivity index (χ1n) is 25.6. The minimum atomic E-state index is -1.56. The van der Waals surface area contributed by atoms with Crippen molar-refractivity contribution in [3.8, 4) is 16.2 Å². The van der Waals surface area contributed by atoms with Gasteiger partial charge in [0.2, 0.25) is 17.7 Å². The zero-order valence-corrected chi connectivity index (χ0v) is 43.7. The van der Waals surface area contributed by atoms with Crippen LogP contribution >= 0.6 is 11.3 Å². The molecule has 1 aliphatic carbocycles. The topological polar surface area (TPSA) is 131 Å². The molecule has 72 heavy (non-hydrogen) atoms. The third-order valence-corrected chi connectivity index (χ3v) is 15.6. The Balaban J connectivity index is 0.765. The van der Waals surface area contributed by atoms with Crippen LogP contribution in [0.5, 0.6) is 5.75 Å².